The minimum absolute atomic E-state index is 0.100. The van der Waals surface area contributed by atoms with E-state index in [1.807, 2.05) is 30.3 Å². The molecule has 1 aromatic carbocycles. The molecule has 18 heavy (non-hydrogen) atoms. The molecule has 2 rings (SSSR count). The minimum Gasteiger partial charge on any atom is -0.444 e. The van der Waals surface area contributed by atoms with E-state index in [9.17, 15) is 9.59 Å². The van der Waals surface area contributed by atoms with Crippen LogP contribution in [0.1, 0.15) is 5.56 Å². The number of hydrogen-bond acceptors (Lipinski definition) is 4. The highest BCUT2D eigenvalue weighted by atomic mass is 16.5. The van der Waals surface area contributed by atoms with Gasteiger partial charge >= 0.3 is 6.09 Å². The molecule has 2 N–H and O–H groups in total. The molecule has 6 nitrogen and oxygen atoms in total. The maximum absolute atomic E-state index is 11.4. The summed E-state index contributed by atoms with van der Waals surface area (Å²) in [7, 11) is 0. The standard InChI is InChI=1S/C12H11N3O3/c16-11-10(6-7-13-15-11)14-12(17)18-8-9-4-2-1-3-5-9/h1-7H,8H2,(H,15,16)(H,13,14,17). The zero-order valence-corrected chi connectivity index (χ0v) is 9.42. The van der Waals surface area contributed by atoms with Gasteiger partial charge in [0, 0.05) is 6.20 Å². The van der Waals surface area contributed by atoms with Crippen molar-refractivity contribution in [1.29, 1.82) is 0 Å². The smallest absolute Gasteiger partial charge is 0.412 e. The number of ether oxygens (including phenoxy) is 1. The van der Waals surface area contributed by atoms with E-state index in [-0.39, 0.29) is 12.3 Å². The van der Waals surface area contributed by atoms with Crippen LogP contribution >= 0.6 is 0 Å². The molecule has 0 fully saturated rings. The van der Waals surface area contributed by atoms with E-state index in [1.54, 1.807) is 0 Å². The van der Waals surface area contributed by atoms with Gasteiger partial charge in [-0.3, -0.25) is 10.1 Å². The van der Waals surface area contributed by atoms with Gasteiger partial charge < -0.3 is 4.74 Å². The highest BCUT2D eigenvalue weighted by molar-refractivity contribution is 5.84. The highest BCUT2D eigenvalue weighted by Gasteiger charge is 2.06. The van der Waals surface area contributed by atoms with Crippen molar-refractivity contribution in [2.75, 3.05) is 5.32 Å². The zero-order valence-electron chi connectivity index (χ0n) is 9.42. The fourth-order valence-electron chi connectivity index (χ4n) is 1.31. The first-order valence-electron chi connectivity index (χ1n) is 5.27. The van der Waals surface area contributed by atoms with E-state index in [4.69, 9.17) is 4.74 Å². The van der Waals surface area contributed by atoms with Crippen molar-refractivity contribution in [3.8, 4) is 0 Å². The van der Waals surface area contributed by atoms with Crippen LogP contribution in [-0.4, -0.2) is 16.3 Å². The van der Waals surface area contributed by atoms with Gasteiger partial charge in [-0.2, -0.15) is 5.10 Å². The van der Waals surface area contributed by atoms with Crippen molar-refractivity contribution < 1.29 is 9.53 Å². The van der Waals surface area contributed by atoms with Gasteiger partial charge in [0.2, 0.25) is 0 Å². The monoisotopic (exact) mass is 245 g/mol. The lowest BCUT2D eigenvalue weighted by Gasteiger charge is -2.05. The molecule has 1 amide bonds. The number of carbonyl (C=O) groups excluding carboxylic acids is 1. The van der Waals surface area contributed by atoms with Crippen molar-refractivity contribution in [3.05, 3.63) is 58.5 Å². The predicted molar refractivity (Wildman–Crippen MR) is 65.1 cm³/mol. The summed E-state index contributed by atoms with van der Waals surface area (Å²) >= 11 is 0. The Morgan fingerprint density at radius 3 is 2.78 bits per heavy atom. The maximum Gasteiger partial charge on any atom is 0.412 e. The fraction of sp³-hybridized carbons (Fsp3) is 0.0833. The van der Waals surface area contributed by atoms with Gasteiger partial charge in [-0.1, -0.05) is 30.3 Å². The molecule has 1 heterocycles. The lowest BCUT2D eigenvalue weighted by molar-refractivity contribution is 0.155. The van der Waals surface area contributed by atoms with Gasteiger partial charge in [0.15, 0.2) is 0 Å². The van der Waals surface area contributed by atoms with Crippen LogP contribution in [0, 0.1) is 0 Å². The summed E-state index contributed by atoms with van der Waals surface area (Å²) in [6.45, 7) is 0.148. The first kappa shape index (κ1) is 11.8. The van der Waals surface area contributed by atoms with Gasteiger partial charge in [0.1, 0.15) is 12.3 Å². The molecule has 0 spiro atoms. The minimum atomic E-state index is -0.685. The summed E-state index contributed by atoms with van der Waals surface area (Å²) in [5.74, 6) is 0. The van der Waals surface area contributed by atoms with E-state index in [2.05, 4.69) is 15.5 Å². The number of benzene rings is 1. The normalized spacial score (nSPS) is 9.78. The molecule has 0 aliphatic carbocycles. The van der Waals surface area contributed by atoms with Crippen LogP contribution in [0.25, 0.3) is 0 Å². The van der Waals surface area contributed by atoms with Crippen molar-refractivity contribution >= 4 is 11.8 Å². The first-order valence-corrected chi connectivity index (χ1v) is 5.27. The van der Waals surface area contributed by atoms with E-state index in [0.29, 0.717) is 0 Å². The largest absolute Gasteiger partial charge is 0.444 e. The van der Waals surface area contributed by atoms with Gasteiger partial charge in [-0.15, -0.1) is 0 Å². The number of aromatic amines is 1. The van der Waals surface area contributed by atoms with Crippen LogP contribution in [-0.2, 0) is 11.3 Å². The van der Waals surface area contributed by atoms with Gasteiger partial charge in [0.05, 0.1) is 0 Å². The molecule has 0 saturated carbocycles. The quantitative estimate of drug-likeness (QED) is 0.858. The third-order valence-corrected chi connectivity index (χ3v) is 2.18. The number of rotatable bonds is 3. The Balaban J connectivity index is 1.90. The van der Waals surface area contributed by atoms with E-state index >= 15 is 0 Å². The van der Waals surface area contributed by atoms with Crippen molar-refractivity contribution in [3.63, 3.8) is 0 Å². The molecule has 0 saturated heterocycles. The van der Waals surface area contributed by atoms with E-state index < -0.39 is 11.7 Å². The van der Waals surface area contributed by atoms with Crippen LogP contribution in [0.15, 0.2) is 47.4 Å². The number of hydrogen-bond donors (Lipinski definition) is 2. The highest BCUT2D eigenvalue weighted by Crippen LogP contribution is 2.02. The number of anilines is 1. The Hall–Kier alpha value is -2.63. The molecule has 0 atom stereocenters. The molecule has 0 bridgehead atoms. The van der Waals surface area contributed by atoms with E-state index in [0.717, 1.165) is 5.56 Å². The van der Waals surface area contributed by atoms with Gasteiger partial charge in [0.25, 0.3) is 5.56 Å². The average molecular weight is 245 g/mol. The number of H-pyrrole nitrogens is 1. The summed E-state index contributed by atoms with van der Waals surface area (Å²) in [4.78, 5) is 22.7. The Morgan fingerprint density at radius 1 is 1.28 bits per heavy atom. The summed E-state index contributed by atoms with van der Waals surface area (Å²) in [5.41, 5.74) is 0.494. The molecule has 0 radical (unpaired) electrons. The number of nitrogens with zero attached hydrogens (tertiary/aromatic N) is 1. The molecule has 6 heteroatoms. The van der Waals surface area contributed by atoms with Gasteiger partial charge in [-0.05, 0) is 11.6 Å². The fourth-order valence-corrected chi connectivity index (χ4v) is 1.31. The van der Waals surface area contributed by atoms with Crippen LogP contribution in [0.2, 0.25) is 0 Å². The van der Waals surface area contributed by atoms with Crippen molar-refractivity contribution in [2.45, 2.75) is 6.61 Å². The lowest BCUT2D eigenvalue weighted by atomic mass is 10.2. The molecule has 0 aliphatic heterocycles. The number of carbonyl (C=O) groups is 1. The summed E-state index contributed by atoms with van der Waals surface area (Å²) in [5, 5.41) is 8.05. The molecule has 0 unspecified atom stereocenters. The topological polar surface area (TPSA) is 84.1 Å². The van der Waals surface area contributed by atoms with Crippen LogP contribution in [0.3, 0.4) is 0 Å². The van der Waals surface area contributed by atoms with Gasteiger partial charge in [-0.25, -0.2) is 9.89 Å². The van der Waals surface area contributed by atoms with Crippen LogP contribution in [0.4, 0.5) is 10.5 Å². The molecule has 92 valence electrons. The molecule has 1 aromatic heterocycles. The second kappa shape index (κ2) is 5.62. The Kier molecular flexibility index (Phi) is 3.70. The molecule has 0 aliphatic rings. The number of aromatic nitrogens is 2. The second-order valence-electron chi connectivity index (χ2n) is 3.49. The lowest BCUT2D eigenvalue weighted by Crippen LogP contribution is -2.20. The third kappa shape index (κ3) is 3.18. The number of amides is 1. The second-order valence-corrected chi connectivity index (χ2v) is 3.49. The Morgan fingerprint density at radius 2 is 2.06 bits per heavy atom. The summed E-state index contributed by atoms with van der Waals surface area (Å²) < 4.78 is 4.96. The number of nitrogens with one attached hydrogen (secondary N) is 2. The van der Waals surface area contributed by atoms with E-state index in [1.165, 1.54) is 12.3 Å². The van der Waals surface area contributed by atoms with Crippen molar-refractivity contribution in [2.24, 2.45) is 0 Å². The SMILES string of the molecule is O=C(Nc1ccn[nH]c1=O)OCc1ccccc1. The predicted octanol–water partition coefficient (Wildman–Crippen LogP) is 1.52. The Bertz CT molecular complexity index is 580. The summed E-state index contributed by atoms with van der Waals surface area (Å²) in [6, 6.07) is 10.6. The zero-order chi connectivity index (χ0) is 12.8. The van der Waals surface area contributed by atoms with Crippen LogP contribution in [0.5, 0.6) is 0 Å². The molecule has 2 aromatic rings. The average Bonchev–Trinajstić information content (AvgIpc) is 2.40. The first-order chi connectivity index (χ1) is 8.75. The Labute approximate surface area is 103 Å². The summed E-state index contributed by atoms with van der Waals surface area (Å²) in [6.07, 6.45) is 0.685. The maximum atomic E-state index is 11.4. The molecular formula is C12H11N3O3. The third-order valence-electron chi connectivity index (χ3n) is 2.18. The van der Waals surface area contributed by atoms with Crippen molar-refractivity contribution in [1.82, 2.24) is 10.2 Å². The molecular weight excluding hydrogens is 234 g/mol. The van der Waals surface area contributed by atoms with Crippen LogP contribution < -0.4 is 10.9 Å².